The first-order valence-electron chi connectivity index (χ1n) is 12.2. The van der Waals surface area contributed by atoms with Crippen LogP contribution < -0.4 is 16.0 Å². The first kappa shape index (κ1) is 30.0. The van der Waals surface area contributed by atoms with Crippen LogP contribution in [0.4, 0.5) is 5.69 Å². The Bertz CT molecular complexity index is 1190. The third kappa shape index (κ3) is 7.31. The van der Waals surface area contributed by atoms with E-state index in [1.165, 1.54) is 11.3 Å². The summed E-state index contributed by atoms with van der Waals surface area (Å²) in [5.74, 6) is -2.23. The summed E-state index contributed by atoms with van der Waals surface area (Å²) in [5.41, 5.74) is 1.44. The second-order valence-electron chi connectivity index (χ2n) is 9.74. The van der Waals surface area contributed by atoms with E-state index in [9.17, 15) is 19.2 Å². The SMILES string of the molecule is CN1CCc2nc(C(=O)N[C@@H]3C[C@@H](C(=O)N(C)C)CC[C@@H]3NC(=O)C(=O)Nc3ccc(Br)cc3)sc2C1.Cl. The van der Waals surface area contributed by atoms with E-state index in [1.54, 1.807) is 43.3 Å². The van der Waals surface area contributed by atoms with Crippen molar-refractivity contribution >= 4 is 69.0 Å². The van der Waals surface area contributed by atoms with Gasteiger partial charge in [-0.3, -0.25) is 19.2 Å². The molecule has 1 aliphatic carbocycles. The van der Waals surface area contributed by atoms with Gasteiger partial charge in [0, 0.05) is 60.6 Å². The van der Waals surface area contributed by atoms with Gasteiger partial charge in [-0.05, 0) is 50.6 Å². The van der Waals surface area contributed by atoms with Gasteiger partial charge in [0.05, 0.1) is 11.7 Å². The summed E-state index contributed by atoms with van der Waals surface area (Å²) >= 11 is 4.71. The van der Waals surface area contributed by atoms with Crippen LogP contribution in [0.2, 0.25) is 0 Å². The first-order chi connectivity index (χ1) is 17.6. The average molecular weight is 628 g/mol. The number of thiazole rings is 1. The standard InChI is InChI=1S/C25H31BrN6O4S.ClH/c1-31(2)25(36)14-4-9-17(28-22(34)21(33)27-16-7-5-15(26)6-8-16)19(12-14)29-23(35)24-30-18-10-11-32(3)13-20(18)37-24;/h5-8,14,17,19H,4,9-13H2,1-3H3,(H,27,33)(H,28,34)(H,29,35);1H/t14-,17-,19+;/m0./s1. The lowest BCUT2D eigenvalue weighted by molar-refractivity contribution is -0.137. The molecule has 13 heteroatoms. The van der Waals surface area contributed by atoms with Crippen molar-refractivity contribution in [1.82, 2.24) is 25.4 Å². The number of hydrogen-bond acceptors (Lipinski definition) is 7. The molecule has 1 aromatic heterocycles. The molecule has 1 aliphatic heterocycles. The Morgan fingerprint density at radius 3 is 2.45 bits per heavy atom. The van der Waals surface area contributed by atoms with Crippen LogP contribution in [0.5, 0.6) is 0 Å². The molecule has 4 rings (SSSR count). The number of benzene rings is 1. The van der Waals surface area contributed by atoms with E-state index in [0.29, 0.717) is 30.0 Å². The van der Waals surface area contributed by atoms with Crippen LogP contribution in [-0.2, 0) is 27.3 Å². The Balaban J connectivity index is 0.00000400. The van der Waals surface area contributed by atoms with E-state index in [-0.39, 0.29) is 30.1 Å². The molecule has 206 valence electrons. The maximum atomic E-state index is 13.2. The number of carbonyl (C=O) groups excluding carboxylic acids is 4. The van der Waals surface area contributed by atoms with E-state index in [1.807, 2.05) is 7.05 Å². The third-order valence-corrected chi connectivity index (χ3v) is 8.31. The van der Waals surface area contributed by atoms with Crippen LogP contribution in [0.1, 0.15) is 39.6 Å². The minimum atomic E-state index is -0.796. The Labute approximate surface area is 240 Å². The Hall–Kier alpha value is -2.54. The van der Waals surface area contributed by atoms with Crippen LogP contribution >= 0.6 is 39.7 Å². The van der Waals surface area contributed by atoms with Crippen molar-refractivity contribution in [2.24, 2.45) is 5.92 Å². The Morgan fingerprint density at radius 1 is 1.05 bits per heavy atom. The zero-order valence-corrected chi connectivity index (χ0v) is 24.7. The Morgan fingerprint density at radius 2 is 1.76 bits per heavy atom. The van der Waals surface area contributed by atoms with Crippen LogP contribution in [0.15, 0.2) is 28.7 Å². The summed E-state index contributed by atoms with van der Waals surface area (Å²) in [6.07, 6.45) is 2.15. The molecule has 0 unspecified atom stereocenters. The molecule has 4 amide bonds. The summed E-state index contributed by atoms with van der Waals surface area (Å²) in [4.78, 5) is 60.5. The lowest BCUT2D eigenvalue weighted by Gasteiger charge is -2.37. The summed E-state index contributed by atoms with van der Waals surface area (Å²) in [6, 6.07) is 5.86. The molecule has 1 aromatic carbocycles. The minimum Gasteiger partial charge on any atom is -0.349 e. The molecule has 0 saturated heterocycles. The summed E-state index contributed by atoms with van der Waals surface area (Å²) < 4.78 is 0.852. The van der Waals surface area contributed by atoms with E-state index in [4.69, 9.17) is 0 Å². The number of rotatable bonds is 5. The summed E-state index contributed by atoms with van der Waals surface area (Å²) in [5, 5.41) is 8.74. The van der Waals surface area contributed by atoms with Crippen molar-refractivity contribution in [1.29, 1.82) is 0 Å². The number of nitrogens with one attached hydrogen (secondary N) is 3. The quantitative estimate of drug-likeness (QED) is 0.438. The normalized spacial score (nSPS) is 20.9. The maximum absolute atomic E-state index is 13.2. The monoisotopic (exact) mass is 626 g/mol. The molecule has 3 N–H and O–H groups in total. The highest BCUT2D eigenvalue weighted by Crippen LogP contribution is 2.28. The number of carbonyl (C=O) groups is 4. The minimum absolute atomic E-state index is 0. The zero-order valence-electron chi connectivity index (χ0n) is 21.5. The van der Waals surface area contributed by atoms with E-state index >= 15 is 0 Å². The Kier molecular flexibility index (Phi) is 10.3. The molecule has 2 aliphatic rings. The third-order valence-electron chi connectivity index (χ3n) is 6.70. The van der Waals surface area contributed by atoms with Gasteiger partial charge in [0.25, 0.3) is 5.91 Å². The largest absolute Gasteiger partial charge is 0.349 e. The van der Waals surface area contributed by atoms with E-state index in [2.05, 4.69) is 41.8 Å². The number of halogens is 2. The molecule has 0 radical (unpaired) electrons. The number of hydrogen-bond donors (Lipinski definition) is 3. The zero-order chi connectivity index (χ0) is 26.7. The van der Waals surface area contributed by atoms with Crippen molar-refractivity contribution in [2.75, 3.05) is 33.0 Å². The maximum Gasteiger partial charge on any atom is 0.313 e. The molecule has 1 fully saturated rings. The molecule has 0 spiro atoms. The second-order valence-corrected chi connectivity index (χ2v) is 11.7. The van der Waals surface area contributed by atoms with Crippen molar-refractivity contribution < 1.29 is 19.2 Å². The van der Waals surface area contributed by atoms with Gasteiger partial charge in [0.1, 0.15) is 0 Å². The lowest BCUT2D eigenvalue weighted by atomic mass is 9.81. The fourth-order valence-electron chi connectivity index (χ4n) is 4.70. The van der Waals surface area contributed by atoms with Crippen LogP contribution in [0, 0.1) is 5.92 Å². The highest BCUT2D eigenvalue weighted by atomic mass is 79.9. The van der Waals surface area contributed by atoms with Gasteiger partial charge < -0.3 is 25.8 Å². The van der Waals surface area contributed by atoms with Crippen LogP contribution in [0.25, 0.3) is 0 Å². The number of nitrogens with zero attached hydrogens (tertiary/aromatic N) is 3. The van der Waals surface area contributed by atoms with Gasteiger partial charge in [-0.1, -0.05) is 15.9 Å². The van der Waals surface area contributed by atoms with Gasteiger partial charge in [0.15, 0.2) is 5.01 Å². The molecule has 2 aromatic rings. The van der Waals surface area contributed by atoms with E-state index in [0.717, 1.165) is 34.6 Å². The van der Waals surface area contributed by atoms with Crippen molar-refractivity contribution in [3.05, 3.63) is 44.3 Å². The number of likely N-dealkylation sites (N-methyl/N-ethyl adjacent to an activating group) is 1. The first-order valence-corrected chi connectivity index (χ1v) is 13.8. The fraction of sp³-hybridized carbons (Fsp3) is 0.480. The van der Waals surface area contributed by atoms with Crippen molar-refractivity contribution in [3.8, 4) is 0 Å². The van der Waals surface area contributed by atoms with Crippen LogP contribution in [-0.4, -0.2) is 78.2 Å². The predicted molar refractivity (Wildman–Crippen MR) is 151 cm³/mol. The van der Waals surface area contributed by atoms with Crippen LogP contribution in [0.3, 0.4) is 0 Å². The van der Waals surface area contributed by atoms with Gasteiger partial charge in [-0.2, -0.15) is 0 Å². The molecular weight excluding hydrogens is 596 g/mol. The van der Waals surface area contributed by atoms with Gasteiger partial charge in [-0.15, -0.1) is 23.7 Å². The lowest BCUT2D eigenvalue weighted by Crippen LogP contribution is -2.57. The molecule has 0 bridgehead atoms. The molecule has 38 heavy (non-hydrogen) atoms. The summed E-state index contributed by atoms with van der Waals surface area (Å²) in [6.45, 7) is 1.65. The van der Waals surface area contributed by atoms with E-state index < -0.39 is 23.9 Å². The smallest absolute Gasteiger partial charge is 0.313 e. The van der Waals surface area contributed by atoms with Crippen molar-refractivity contribution in [2.45, 2.75) is 44.3 Å². The van der Waals surface area contributed by atoms with Gasteiger partial charge in [0.2, 0.25) is 5.91 Å². The average Bonchev–Trinajstić information content (AvgIpc) is 3.29. The predicted octanol–water partition coefficient (Wildman–Crippen LogP) is 2.43. The molecule has 1 saturated carbocycles. The topological polar surface area (TPSA) is 124 Å². The number of fused-ring (bicyclic) bond motifs is 1. The number of aromatic nitrogens is 1. The summed E-state index contributed by atoms with van der Waals surface area (Å²) in [7, 11) is 5.44. The molecule has 3 atom stereocenters. The molecule has 10 nitrogen and oxygen atoms in total. The highest BCUT2D eigenvalue weighted by Gasteiger charge is 2.37. The van der Waals surface area contributed by atoms with Crippen molar-refractivity contribution in [3.63, 3.8) is 0 Å². The van der Waals surface area contributed by atoms with Gasteiger partial charge in [-0.25, -0.2) is 4.98 Å². The number of anilines is 1. The second kappa shape index (κ2) is 13.0. The fourth-order valence-corrected chi connectivity index (χ4v) is 6.05. The highest BCUT2D eigenvalue weighted by molar-refractivity contribution is 9.10. The van der Waals surface area contributed by atoms with Gasteiger partial charge >= 0.3 is 11.8 Å². The molecule has 2 heterocycles. The number of amides is 4. The molecular formula is C25H32BrClN6O4S.